The molecule has 1 atom stereocenters. The number of rotatable bonds is 6. The van der Waals surface area contributed by atoms with E-state index in [4.69, 9.17) is 0 Å². The van der Waals surface area contributed by atoms with Gasteiger partial charge in [-0.15, -0.1) is 0 Å². The molecule has 2 aromatic carbocycles. The maximum absolute atomic E-state index is 13.1. The van der Waals surface area contributed by atoms with E-state index in [1.165, 1.54) is 0 Å². The molecule has 4 amide bonds. The Morgan fingerprint density at radius 3 is 2.32 bits per heavy atom. The molecular formula is C26H29N5O3. The van der Waals surface area contributed by atoms with Crippen LogP contribution in [0.15, 0.2) is 60.8 Å². The van der Waals surface area contributed by atoms with E-state index >= 15 is 0 Å². The van der Waals surface area contributed by atoms with Crippen LogP contribution in [0.25, 0.3) is 10.9 Å². The molecule has 0 radical (unpaired) electrons. The first kappa shape index (κ1) is 22.0. The number of carbonyl (C=O) groups is 3. The van der Waals surface area contributed by atoms with Crippen LogP contribution in [0.3, 0.4) is 0 Å². The normalized spacial score (nSPS) is 16.8. The number of carbonyl (C=O) groups excluding carboxylic acids is 3. The van der Waals surface area contributed by atoms with E-state index in [-0.39, 0.29) is 23.9 Å². The predicted octanol–water partition coefficient (Wildman–Crippen LogP) is 2.53. The van der Waals surface area contributed by atoms with E-state index < -0.39 is 6.04 Å². The molecule has 1 aliphatic heterocycles. The lowest BCUT2D eigenvalue weighted by molar-refractivity contribution is -0.123. The van der Waals surface area contributed by atoms with Gasteiger partial charge in [0, 0.05) is 55.7 Å². The van der Waals surface area contributed by atoms with Gasteiger partial charge in [0.25, 0.3) is 5.91 Å². The van der Waals surface area contributed by atoms with E-state index in [1.807, 2.05) is 54.6 Å². The maximum Gasteiger partial charge on any atom is 0.318 e. The summed E-state index contributed by atoms with van der Waals surface area (Å²) >= 11 is 0. The summed E-state index contributed by atoms with van der Waals surface area (Å²) in [5, 5.41) is 6.84. The molecule has 176 valence electrons. The van der Waals surface area contributed by atoms with Crippen molar-refractivity contribution in [3.63, 3.8) is 0 Å². The van der Waals surface area contributed by atoms with Gasteiger partial charge in [-0.05, 0) is 24.5 Å². The van der Waals surface area contributed by atoms with Crippen LogP contribution >= 0.6 is 0 Å². The van der Waals surface area contributed by atoms with Crippen LogP contribution in [0.4, 0.5) is 4.79 Å². The fourth-order valence-corrected chi connectivity index (χ4v) is 4.36. The molecule has 2 heterocycles. The van der Waals surface area contributed by atoms with Gasteiger partial charge in [0.2, 0.25) is 5.91 Å². The molecule has 3 aromatic rings. The second kappa shape index (κ2) is 9.59. The van der Waals surface area contributed by atoms with E-state index in [2.05, 4.69) is 15.6 Å². The van der Waals surface area contributed by atoms with Gasteiger partial charge in [0.05, 0.1) is 5.56 Å². The molecule has 0 spiro atoms. The minimum atomic E-state index is -0.638. The lowest BCUT2D eigenvalue weighted by Gasteiger charge is -2.35. The number of aromatic amines is 1. The van der Waals surface area contributed by atoms with Crippen molar-refractivity contribution in [1.82, 2.24) is 25.4 Å². The second-order valence-corrected chi connectivity index (χ2v) is 9.00. The average molecular weight is 460 g/mol. The first-order valence-corrected chi connectivity index (χ1v) is 11.8. The molecule has 1 aromatic heterocycles. The van der Waals surface area contributed by atoms with Gasteiger partial charge >= 0.3 is 6.03 Å². The van der Waals surface area contributed by atoms with E-state index in [0.29, 0.717) is 38.2 Å². The lowest BCUT2D eigenvalue weighted by atomic mass is 10.1. The molecule has 8 nitrogen and oxygen atoms in total. The summed E-state index contributed by atoms with van der Waals surface area (Å²) in [6.45, 7) is 1.73. The molecule has 1 aliphatic carbocycles. The minimum Gasteiger partial charge on any atom is -0.360 e. The molecular weight excluding hydrogens is 430 g/mol. The fraction of sp³-hybridized carbons (Fsp3) is 0.346. The zero-order valence-electron chi connectivity index (χ0n) is 19.0. The second-order valence-electron chi connectivity index (χ2n) is 9.00. The number of piperazine rings is 1. The van der Waals surface area contributed by atoms with E-state index in [9.17, 15) is 14.4 Å². The Labute approximate surface area is 198 Å². The van der Waals surface area contributed by atoms with Gasteiger partial charge in [-0.3, -0.25) is 9.59 Å². The van der Waals surface area contributed by atoms with Gasteiger partial charge in [0.1, 0.15) is 6.04 Å². The van der Waals surface area contributed by atoms with Crippen molar-refractivity contribution in [3.8, 4) is 0 Å². The number of para-hydroxylation sites is 1. The summed E-state index contributed by atoms with van der Waals surface area (Å²) in [4.78, 5) is 45.5. The molecule has 5 rings (SSSR count). The largest absolute Gasteiger partial charge is 0.360 e. The third-order valence-corrected chi connectivity index (χ3v) is 6.49. The quantitative estimate of drug-likeness (QED) is 0.528. The Balaban J connectivity index is 1.19. The highest BCUT2D eigenvalue weighted by Gasteiger charge is 2.31. The Morgan fingerprint density at radius 1 is 0.912 bits per heavy atom. The third-order valence-electron chi connectivity index (χ3n) is 6.49. The molecule has 34 heavy (non-hydrogen) atoms. The Hall–Kier alpha value is -3.81. The highest BCUT2D eigenvalue weighted by Crippen LogP contribution is 2.21. The number of nitrogens with zero attached hydrogens (tertiary/aromatic N) is 2. The number of fused-ring (bicyclic) bond motifs is 1. The summed E-state index contributed by atoms with van der Waals surface area (Å²) in [5.74, 6) is -0.184. The predicted molar refractivity (Wildman–Crippen MR) is 129 cm³/mol. The van der Waals surface area contributed by atoms with Crippen molar-refractivity contribution in [2.24, 2.45) is 0 Å². The smallest absolute Gasteiger partial charge is 0.318 e. The monoisotopic (exact) mass is 459 g/mol. The highest BCUT2D eigenvalue weighted by atomic mass is 16.2. The Bertz CT molecular complexity index is 1180. The zero-order valence-corrected chi connectivity index (χ0v) is 19.0. The summed E-state index contributed by atoms with van der Waals surface area (Å²) in [5.41, 5.74) is 2.57. The number of benzene rings is 2. The SMILES string of the molecule is O=C(NC1CC1)[C@H](Cc1ccccc1)NC(=O)N1CCN(C(=O)c2c[nH]c3ccccc23)CC1. The lowest BCUT2D eigenvalue weighted by Crippen LogP contribution is -2.57. The van der Waals surface area contributed by atoms with Crippen LogP contribution in [0.1, 0.15) is 28.8 Å². The van der Waals surface area contributed by atoms with Crippen LogP contribution in [-0.4, -0.2) is 70.9 Å². The van der Waals surface area contributed by atoms with Crippen molar-refractivity contribution in [2.75, 3.05) is 26.2 Å². The highest BCUT2D eigenvalue weighted by molar-refractivity contribution is 6.06. The maximum atomic E-state index is 13.1. The number of H-pyrrole nitrogens is 1. The number of amides is 4. The minimum absolute atomic E-state index is 0.0386. The number of hydrogen-bond acceptors (Lipinski definition) is 3. The van der Waals surface area contributed by atoms with E-state index in [1.54, 1.807) is 16.0 Å². The van der Waals surface area contributed by atoms with Crippen LogP contribution < -0.4 is 10.6 Å². The molecule has 3 N–H and O–H groups in total. The summed E-state index contributed by atoms with van der Waals surface area (Å²) in [7, 11) is 0. The third kappa shape index (κ3) is 4.90. The number of aromatic nitrogens is 1. The van der Waals surface area contributed by atoms with Crippen LogP contribution in [0.2, 0.25) is 0 Å². The average Bonchev–Trinajstić information content (AvgIpc) is 3.58. The molecule has 1 saturated carbocycles. The summed E-state index contributed by atoms with van der Waals surface area (Å²) < 4.78 is 0. The fourth-order valence-electron chi connectivity index (χ4n) is 4.36. The number of urea groups is 1. The van der Waals surface area contributed by atoms with Crippen LogP contribution in [-0.2, 0) is 11.2 Å². The van der Waals surface area contributed by atoms with Crippen LogP contribution in [0, 0.1) is 0 Å². The first-order valence-electron chi connectivity index (χ1n) is 11.8. The van der Waals surface area contributed by atoms with Gasteiger partial charge in [-0.2, -0.15) is 0 Å². The summed E-state index contributed by atoms with van der Waals surface area (Å²) in [6.07, 6.45) is 4.16. The first-order chi connectivity index (χ1) is 16.6. The van der Waals surface area contributed by atoms with Crippen molar-refractivity contribution in [1.29, 1.82) is 0 Å². The van der Waals surface area contributed by atoms with E-state index in [0.717, 1.165) is 29.3 Å². The van der Waals surface area contributed by atoms with Gasteiger partial charge in [-0.1, -0.05) is 48.5 Å². The van der Waals surface area contributed by atoms with Gasteiger partial charge in [-0.25, -0.2) is 4.79 Å². The van der Waals surface area contributed by atoms with Crippen LogP contribution in [0.5, 0.6) is 0 Å². The Morgan fingerprint density at radius 2 is 1.59 bits per heavy atom. The Kier molecular flexibility index (Phi) is 6.20. The number of hydrogen-bond donors (Lipinski definition) is 3. The molecule has 0 bridgehead atoms. The number of nitrogens with one attached hydrogen (secondary N) is 3. The topological polar surface area (TPSA) is 97.5 Å². The zero-order chi connectivity index (χ0) is 23.5. The molecule has 1 saturated heterocycles. The molecule has 2 fully saturated rings. The van der Waals surface area contributed by atoms with Gasteiger partial charge in [0.15, 0.2) is 0 Å². The molecule has 0 unspecified atom stereocenters. The molecule has 8 heteroatoms. The van der Waals surface area contributed by atoms with Crippen molar-refractivity contribution in [3.05, 3.63) is 71.9 Å². The van der Waals surface area contributed by atoms with Crippen molar-refractivity contribution < 1.29 is 14.4 Å². The molecule has 2 aliphatic rings. The van der Waals surface area contributed by atoms with Crippen molar-refractivity contribution in [2.45, 2.75) is 31.3 Å². The van der Waals surface area contributed by atoms with Gasteiger partial charge < -0.3 is 25.4 Å². The summed E-state index contributed by atoms with van der Waals surface area (Å²) in [6, 6.07) is 16.7. The van der Waals surface area contributed by atoms with Crippen molar-refractivity contribution >= 4 is 28.7 Å². The standard InChI is InChI=1S/C26H29N5O3/c32-24(28-19-10-11-19)23(16-18-6-2-1-3-7-18)29-26(34)31-14-12-30(13-15-31)25(33)21-17-27-22-9-5-4-8-20(21)22/h1-9,17,19,23,27H,10-16H2,(H,28,32)(H,29,34)/t23-/m0/s1.